The van der Waals surface area contributed by atoms with Crippen molar-refractivity contribution in [3.63, 3.8) is 0 Å². The summed E-state index contributed by atoms with van der Waals surface area (Å²) < 4.78 is 5.65. The summed E-state index contributed by atoms with van der Waals surface area (Å²) in [6.45, 7) is 1.58. The van der Waals surface area contributed by atoms with E-state index < -0.39 is 0 Å². The van der Waals surface area contributed by atoms with Gasteiger partial charge in [0, 0.05) is 18.2 Å². The van der Waals surface area contributed by atoms with Crippen LogP contribution in [0.2, 0.25) is 0 Å². The van der Waals surface area contributed by atoms with E-state index in [2.05, 4.69) is 5.32 Å². The zero-order valence-electron chi connectivity index (χ0n) is 12.2. The van der Waals surface area contributed by atoms with E-state index >= 15 is 0 Å². The number of likely N-dealkylation sites (N-methyl/N-ethyl adjacent to an activating group) is 1. The van der Waals surface area contributed by atoms with Crippen LogP contribution in [0.25, 0.3) is 0 Å². The number of amides is 1. The number of hydrogen-bond acceptors (Lipinski definition) is 4. The number of benzene rings is 1. The molecule has 0 bridgehead atoms. The molecule has 1 aliphatic rings. The summed E-state index contributed by atoms with van der Waals surface area (Å²) in [5.41, 5.74) is 6.37. The van der Waals surface area contributed by atoms with Crippen molar-refractivity contribution in [1.82, 2.24) is 10.2 Å². The molecule has 0 spiro atoms. The number of ether oxygens (including phenoxy) is 1. The van der Waals surface area contributed by atoms with Crippen LogP contribution in [0.15, 0.2) is 24.3 Å². The predicted octanol–water partition coefficient (Wildman–Crippen LogP) is 0.910. The maximum atomic E-state index is 11.6. The minimum Gasteiger partial charge on any atom is -0.492 e. The molecular formula is C15H21N3O2S. The van der Waals surface area contributed by atoms with Crippen molar-refractivity contribution in [3.05, 3.63) is 29.8 Å². The van der Waals surface area contributed by atoms with Crippen molar-refractivity contribution in [2.45, 2.75) is 18.9 Å². The van der Waals surface area contributed by atoms with Gasteiger partial charge in [0.2, 0.25) is 5.91 Å². The minimum atomic E-state index is 0.0791. The Kier molecular flexibility index (Phi) is 5.52. The van der Waals surface area contributed by atoms with Gasteiger partial charge < -0.3 is 15.8 Å². The van der Waals surface area contributed by atoms with E-state index in [0.29, 0.717) is 30.7 Å². The Hall–Kier alpha value is -1.66. The minimum absolute atomic E-state index is 0.0791. The number of nitrogens with two attached hydrogens (primary N) is 1. The Morgan fingerprint density at radius 1 is 1.52 bits per heavy atom. The van der Waals surface area contributed by atoms with Crippen LogP contribution in [0.3, 0.4) is 0 Å². The van der Waals surface area contributed by atoms with Gasteiger partial charge in [0.15, 0.2) is 0 Å². The molecular weight excluding hydrogens is 286 g/mol. The van der Waals surface area contributed by atoms with Crippen LogP contribution in [-0.2, 0) is 4.79 Å². The molecule has 0 atom stereocenters. The van der Waals surface area contributed by atoms with Gasteiger partial charge in [-0.25, -0.2) is 0 Å². The second-order valence-electron chi connectivity index (χ2n) is 5.32. The Morgan fingerprint density at radius 3 is 2.95 bits per heavy atom. The van der Waals surface area contributed by atoms with Crippen molar-refractivity contribution in [2.24, 2.45) is 5.73 Å². The van der Waals surface area contributed by atoms with E-state index in [1.54, 1.807) is 0 Å². The molecule has 3 N–H and O–H groups in total. The quantitative estimate of drug-likeness (QED) is 0.699. The Bertz CT molecular complexity index is 517. The zero-order chi connectivity index (χ0) is 15.2. The number of carbonyl (C=O) groups excluding carboxylic acids is 1. The van der Waals surface area contributed by atoms with E-state index in [1.165, 1.54) is 0 Å². The predicted molar refractivity (Wildman–Crippen MR) is 86.5 cm³/mol. The van der Waals surface area contributed by atoms with Crippen molar-refractivity contribution >= 4 is 23.1 Å². The van der Waals surface area contributed by atoms with E-state index in [9.17, 15) is 4.79 Å². The van der Waals surface area contributed by atoms with Crippen LogP contribution in [0.5, 0.6) is 5.75 Å². The Labute approximate surface area is 130 Å². The molecule has 1 saturated carbocycles. The molecule has 6 heteroatoms. The fraction of sp³-hybridized carbons (Fsp3) is 0.467. The molecule has 1 aromatic rings. The van der Waals surface area contributed by atoms with E-state index in [-0.39, 0.29) is 5.91 Å². The van der Waals surface area contributed by atoms with Crippen LogP contribution in [0.1, 0.15) is 18.4 Å². The molecule has 1 aliphatic carbocycles. The van der Waals surface area contributed by atoms with Gasteiger partial charge in [-0.3, -0.25) is 9.69 Å². The zero-order valence-corrected chi connectivity index (χ0v) is 13.0. The molecule has 0 heterocycles. The largest absolute Gasteiger partial charge is 0.492 e. The second-order valence-corrected chi connectivity index (χ2v) is 5.76. The Morgan fingerprint density at radius 2 is 2.29 bits per heavy atom. The van der Waals surface area contributed by atoms with Crippen molar-refractivity contribution < 1.29 is 9.53 Å². The smallest absolute Gasteiger partial charge is 0.234 e. The molecule has 0 aromatic heterocycles. The first kappa shape index (κ1) is 15.7. The summed E-state index contributed by atoms with van der Waals surface area (Å²) in [4.78, 5) is 13.9. The topological polar surface area (TPSA) is 67.6 Å². The lowest BCUT2D eigenvalue weighted by Crippen LogP contribution is -2.37. The third kappa shape index (κ3) is 5.69. The van der Waals surface area contributed by atoms with Gasteiger partial charge in [0.25, 0.3) is 0 Å². The fourth-order valence-electron chi connectivity index (χ4n) is 1.88. The highest BCUT2D eigenvalue weighted by atomic mass is 32.1. The molecule has 0 radical (unpaired) electrons. The van der Waals surface area contributed by atoms with E-state index in [0.717, 1.165) is 24.2 Å². The molecule has 1 amide bonds. The summed E-state index contributed by atoms with van der Waals surface area (Å²) >= 11 is 4.93. The number of nitrogens with zero attached hydrogens (tertiary/aromatic N) is 1. The summed E-state index contributed by atoms with van der Waals surface area (Å²) in [6.07, 6.45) is 2.22. The standard InChI is InChI=1S/C15H21N3O2S/c1-18(10-14(19)17-12-5-6-12)7-8-20-13-4-2-3-11(9-13)15(16)21/h2-4,9,12H,5-8,10H2,1H3,(H2,16,21)(H,17,19). The third-order valence-corrected chi connectivity index (χ3v) is 3.45. The van der Waals surface area contributed by atoms with E-state index in [1.807, 2.05) is 36.2 Å². The average Bonchev–Trinajstić information content (AvgIpc) is 3.22. The first-order chi connectivity index (χ1) is 10.0. The molecule has 1 fully saturated rings. The number of rotatable bonds is 8. The molecule has 0 aliphatic heterocycles. The maximum Gasteiger partial charge on any atom is 0.234 e. The van der Waals surface area contributed by atoms with Gasteiger partial charge in [0.1, 0.15) is 17.3 Å². The lowest BCUT2D eigenvalue weighted by molar-refractivity contribution is -0.122. The Balaban J connectivity index is 1.69. The summed E-state index contributed by atoms with van der Waals surface area (Å²) in [5.74, 6) is 0.812. The molecule has 2 rings (SSSR count). The lowest BCUT2D eigenvalue weighted by atomic mass is 10.2. The monoisotopic (exact) mass is 307 g/mol. The van der Waals surface area contributed by atoms with Crippen LogP contribution in [0.4, 0.5) is 0 Å². The van der Waals surface area contributed by atoms with Gasteiger partial charge in [-0.1, -0.05) is 24.4 Å². The van der Waals surface area contributed by atoms with Crippen molar-refractivity contribution in [2.75, 3.05) is 26.7 Å². The first-order valence-corrected chi connectivity index (χ1v) is 7.46. The van der Waals surface area contributed by atoms with Gasteiger partial charge >= 0.3 is 0 Å². The molecule has 0 saturated heterocycles. The number of hydrogen-bond donors (Lipinski definition) is 2. The first-order valence-electron chi connectivity index (χ1n) is 7.05. The summed E-state index contributed by atoms with van der Waals surface area (Å²) in [5, 5.41) is 2.96. The fourth-order valence-corrected chi connectivity index (χ4v) is 2.01. The van der Waals surface area contributed by atoms with Gasteiger partial charge in [-0.05, 0) is 32.0 Å². The summed E-state index contributed by atoms with van der Waals surface area (Å²) in [6, 6.07) is 7.80. The number of nitrogens with one attached hydrogen (secondary N) is 1. The molecule has 114 valence electrons. The van der Waals surface area contributed by atoms with Gasteiger partial charge in [0.05, 0.1) is 6.54 Å². The van der Waals surface area contributed by atoms with Crippen LogP contribution in [0, 0.1) is 0 Å². The molecule has 21 heavy (non-hydrogen) atoms. The molecule has 0 unspecified atom stereocenters. The maximum absolute atomic E-state index is 11.6. The summed E-state index contributed by atoms with van der Waals surface area (Å²) in [7, 11) is 1.90. The normalized spacial score (nSPS) is 14.0. The lowest BCUT2D eigenvalue weighted by Gasteiger charge is -2.16. The highest BCUT2D eigenvalue weighted by Crippen LogP contribution is 2.18. The third-order valence-electron chi connectivity index (χ3n) is 3.22. The average molecular weight is 307 g/mol. The van der Waals surface area contributed by atoms with Crippen LogP contribution >= 0.6 is 12.2 Å². The highest BCUT2D eigenvalue weighted by Gasteiger charge is 2.23. The number of carbonyl (C=O) groups is 1. The van der Waals surface area contributed by atoms with Crippen molar-refractivity contribution in [1.29, 1.82) is 0 Å². The SMILES string of the molecule is CN(CCOc1cccc(C(N)=S)c1)CC(=O)NC1CC1. The van der Waals surface area contributed by atoms with Crippen molar-refractivity contribution in [3.8, 4) is 5.75 Å². The van der Waals surface area contributed by atoms with Crippen LogP contribution < -0.4 is 15.8 Å². The molecule has 1 aromatic carbocycles. The number of thiocarbonyl (C=S) groups is 1. The van der Waals surface area contributed by atoms with Gasteiger partial charge in [-0.2, -0.15) is 0 Å². The van der Waals surface area contributed by atoms with Gasteiger partial charge in [-0.15, -0.1) is 0 Å². The molecule has 5 nitrogen and oxygen atoms in total. The second kappa shape index (κ2) is 7.38. The van der Waals surface area contributed by atoms with Crippen LogP contribution in [-0.4, -0.2) is 48.6 Å². The highest BCUT2D eigenvalue weighted by molar-refractivity contribution is 7.80. The van der Waals surface area contributed by atoms with E-state index in [4.69, 9.17) is 22.7 Å².